The summed E-state index contributed by atoms with van der Waals surface area (Å²) in [6.07, 6.45) is 0.631. The molecule has 2 aromatic carbocycles. The molecule has 0 spiro atoms. The van der Waals surface area contributed by atoms with Crippen molar-refractivity contribution in [2.75, 3.05) is 0 Å². The van der Waals surface area contributed by atoms with E-state index in [1.165, 1.54) is 6.20 Å². The van der Waals surface area contributed by atoms with E-state index in [0.29, 0.717) is 5.56 Å². The van der Waals surface area contributed by atoms with Crippen LogP contribution < -0.4 is 10.9 Å². The summed E-state index contributed by atoms with van der Waals surface area (Å²) in [5.41, 5.74) is 1.57. The number of H-pyrrole nitrogens is 2. The first-order valence-electron chi connectivity index (χ1n) is 9.04. The molecule has 0 aliphatic heterocycles. The molecule has 1 aromatic heterocycles. The minimum absolute atomic E-state index is 0.0348. The summed E-state index contributed by atoms with van der Waals surface area (Å²) in [6.45, 7) is 0.115. The van der Waals surface area contributed by atoms with E-state index in [0.717, 1.165) is 11.1 Å². The molecule has 0 bridgehead atoms. The third kappa shape index (κ3) is 6.10. The molecule has 0 aliphatic carbocycles. The van der Waals surface area contributed by atoms with Crippen molar-refractivity contribution in [1.82, 2.24) is 15.5 Å². The zero-order valence-electron chi connectivity index (χ0n) is 15.6. The van der Waals surface area contributed by atoms with E-state index in [1.54, 1.807) is 0 Å². The van der Waals surface area contributed by atoms with Crippen LogP contribution in [0.1, 0.15) is 16.7 Å². The van der Waals surface area contributed by atoms with Crippen LogP contribution in [0, 0.1) is 0 Å². The fourth-order valence-electron chi connectivity index (χ4n) is 2.64. The number of aromatic amines is 2. The lowest BCUT2D eigenvalue weighted by molar-refractivity contribution is -0.147. The molecule has 0 fully saturated rings. The number of nitrogens with one attached hydrogen (secondary N) is 3. The van der Waals surface area contributed by atoms with Crippen molar-refractivity contribution in [1.29, 1.82) is 0 Å². The number of carbonyl (C=O) groups excluding carboxylic acids is 2. The third-order valence-electron chi connectivity index (χ3n) is 4.16. The number of rotatable bonds is 8. The fraction of sp³-hybridized carbons (Fsp3) is 0.190. The zero-order chi connectivity index (χ0) is 20.5. The Morgan fingerprint density at radius 2 is 1.48 bits per heavy atom. The second kappa shape index (κ2) is 9.93. The molecule has 0 saturated heterocycles. The summed E-state index contributed by atoms with van der Waals surface area (Å²) < 4.78 is 10.5. The van der Waals surface area contributed by atoms with Crippen LogP contribution in [0.25, 0.3) is 0 Å². The Hall–Kier alpha value is -3.81. The fourth-order valence-corrected chi connectivity index (χ4v) is 2.64. The van der Waals surface area contributed by atoms with Gasteiger partial charge in [0.05, 0.1) is 0 Å². The number of aromatic nitrogens is 2. The van der Waals surface area contributed by atoms with Crippen LogP contribution in [0.3, 0.4) is 0 Å². The van der Waals surface area contributed by atoms with Gasteiger partial charge in [0.2, 0.25) is 0 Å². The summed E-state index contributed by atoms with van der Waals surface area (Å²) in [7, 11) is 0. The summed E-state index contributed by atoms with van der Waals surface area (Å²) in [6, 6.07) is 17.2. The zero-order valence-corrected chi connectivity index (χ0v) is 15.6. The van der Waals surface area contributed by atoms with Crippen LogP contribution in [0.5, 0.6) is 0 Å². The predicted octanol–water partition coefficient (Wildman–Crippen LogP) is 2.28. The molecular weight excluding hydrogens is 374 g/mol. The molecule has 3 aromatic rings. The summed E-state index contributed by atoms with van der Waals surface area (Å²) in [5, 5.41) is 7.45. The Bertz CT molecular complexity index is 982. The second-order valence-corrected chi connectivity index (χ2v) is 6.32. The molecule has 150 valence electrons. The average Bonchev–Trinajstić information content (AvgIpc) is 3.16. The second-order valence-electron chi connectivity index (χ2n) is 6.32. The minimum Gasteiger partial charge on any atom is -0.459 e. The van der Waals surface area contributed by atoms with Crippen LogP contribution in [0.15, 0.2) is 71.7 Å². The van der Waals surface area contributed by atoms with E-state index in [9.17, 15) is 14.4 Å². The lowest BCUT2D eigenvalue weighted by Gasteiger charge is -2.17. The maximum atomic E-state index is 12.5. The van der Waals surface area contributed by atoms with Crippen molar-refractivity contribution >= 4 is 12.1 Å². The molecule has 3 N–H and O–H groups in total. The molecule has 1 heterocycles. The minimum atomic E-state index is -1.07. The van der Waals surface area contributed by atoms with Gasteiger partial charge in [0, 0.05) is 18.2 Å². The van der Waals surface area contributed by atoms with E-state index in [2.05, 4.69) is 15.5 Å². The Balaban J connectivity index is 1.61. The number of benzene rings is 2. The molecule has 1 amide bonds. The van der Waals surface area contributed by atoms with Gasteiger partial charge in [-0.3, -0.25) is 9.89 Å². The first-order chi connectivity index (χ1) is 14.1. The number of amides is 1. The molecule has 8 nitrogen and oxygen atoms in total. The van der Waals surface area contributed by atoms with Gasteiger partial charge in [0.25, 0.3) is 5.56 Å². The normalized spacial score (nSPS) is 11.4. The first kappa shape index (κ1) is 19.9. The largest absolute Gasteiger partial charge is 0.459 e. The molecule has 0 unspecified atom stereocenters. The Kier molecular flexibility index (Phi) is 6.83. The van der Waals surface area contributed by atoms with Crippen molar-refractivity contribution in [2.24, 2.45) is 0 Å². The molecule has 0 saturated carbocycles. The van der Waals surface area contributed by atoms with Gasteiger partial charge in [-0.25, -0.2) is 9.59 Å². The first-order valence-corrected chi connectivity index (χ1v) is 9.04. The molecule has 1 atom stereocenters. The summed E-state index contributed by atoms with van der Waals surface area (Å²) >= 11 is 0. The lowest BCUT2D eigenvalue weighted by Crippen LogP contribution is -2.44. The van der Waals surface area contributed by atoms with Crippen molar-refractivity contribution in [3.63, 3.8) is 0 Å². The van der Waals surface area contributed by atoms with Gasteiger partial charge in [0.15, 0.2) is 0 Å². The number of hydrogen-bond donors (Lipinski definition) is 3. The summed E-state index contributed by atoms with van der Waals surface area (Å²) in [5.74, 6) is -0.661. The van der Waals surface area contributed by atoms with Gasteiger partial charge in [-0.15, -0.1) is 0 Å². The third-order valence-corrected chi connectivity index (χ3v) is 4.16. The van der Waals surface area contributed by atoms with Crippen LogP contribution >= 0.6 is 0 Å². The highest BCUT2D eigenvalue weighted by atomic mass is 16.6. The SMILES string of the molecule is O=C(N[C@@H](Cc1c[nH][nH]c1=O)C(=O)OCc1ccccc1)OCc1ccccc1. The monoisotopic (exact) mass is 395 g/mol. The van der Waals surface area contributed by atoms with Crippen LogP contribution in [0.2, 0.25) is 0 Å². The number of hydrogen-bond acceptors (Lipinski definition) is 5. The predicted molar refractivity (Wildman–Crippen MR) is 105 cm³/mol. The van der Waals surface area contributed by atoms with E-state index in [4.69, 9.17) is 9.47 Å². The van der Waals surface area contributed by atoms with Gasteiger partial charge < -0.3 is 19.9 Å². The van der Waals surface area contributed by atoms with Crippen molar-refractivity contribution in [3.05, 3.63) is 93.9 Å². The van der Waals surface area contributed by atoms with Crippen LogP contribution in [0.4, 0.5) is 4.79 Å². The van der Waals surface area contributed by atoms with E-state index >= 15 is 0 Å². The van der Waals surface area contributed by atoms with E-state index in [-0.39, 0.29) is 25.2 Å². The quantitative estimate of drug-likeness (QED) is 0.507. The van der Waals surface area contributed by atoms with Crippen molar-refractivity contribution in [3.8, 4) is 0 Å². The number of carbonyl (C=O) groups is 2. The highest BCUT2D eigenvalue weighted by molar-refractivity contribution is 5.81. The average molecular weight is 395 g/mol. The molecule has 8 heteroatoms. The highest BCUT2D eigenvalue weighted by Gasteiger charge is 2.25. The Morgan fingerprint density at radius 3 is 2.03 bits per heavy atom. The maximum absolute atomic E-state index is 12.5. The molecule has 0 radical (unpaired) electrons. The van der Waals surface area contributed by atoms with Gasteiger partial charge in [-0.2, -0.15) is 0 Å². The lowest BCUT2D eigenvalue weighted by atomic mass is 10.1. The van der Waals surface area contributed by atoms with E-state index in [1.807, 2.05) is 60.7 Å². The maximum Gasteiger partial charge on any atom is 0.408 e. The van der Waals surface area contributed by atoms with Crippen molar-refractivity contribution in [2.45, 2.75) is 25.7 Å². The van der Waals surface area contributed by atoms with Gasteiger partial charge in [-0.05, 0) is 11.1 Å². The number of ether oxygens (including phenoxy) is 2. The van der Waals surface area contributed by atoms with Crippen molar-refractivity contribution < 1.29 is 19.1 Å². The summed E-state index contributed by atoms with van der Waals surface area (Å²) in [4.78, 5) is 36.5. The number of esters is 1. The smallest absolute Gasteiger partial charge is 0.408 e. The van der Waals surface area contributed by atoms with Gasteiger partial charge >= 0.3 is 12.1 Å². The molecule has 29 heavy (non-hydrogen) atoms. The topological polar surface area (TPSA) is 113 Å². The van der Waals surface area contributed by atoms with Crippen LogP contribution in [-0.4, -0.2) is 28.3 Å². The van der Waals surface area contributed by atoms with Gasteiger partial charge in [0.1, 0.15) is 19.3 Å². The molecule has 3 rings (SSSR count). The molecular formula is C21H21N3O5. The van der Waals surface area contributed by atoms with Crippen LogP contribution in [-0.2, 0) is 33.9 Å². The Morgan fingerprint density at radius 1 is 0.897 bits per heavy atom. The molecule has 0 aliphatic rings. The highest BCUT2D eigenvalue weighted by Crippen LogP contribution is 2.06. The number of alkyl carbamates (subject to hydrolysis) is 1. The Labute approximate surface area is 166 Å². The van der Waals surface area contributed by atoms with Gasteiger partial charge in [-0.1, -0.05) is 60.7 Å². The van der Waals surface area contributed by atoms with E-state index < -0.39 is 18.1 Å². The standard InChI is InChI=1S/C21H21N3O5/c25-19-17(12-22-24-19)11-18(20(26)28-13-15-7-3-1-4-8-15)23-21(27)29-14-16-9-5-2-6-10-16/h1-10,12,18H,11,13-14H2,(H,23,27)(H2,22,24,25)/t18-/m0/s1.